The first kappa shape index (κ1) is 14.9. The summed E-state index contributed by atoms with van der Waals surface area (Å²) in [5.74, 6) is 0. The smallest absolute Gasteiger partial charge is 0.0771 e. The zero-order chi connectivity index (χ0) is 12.4. The minimum atomic E-state index is -0.458. The first-order valence-electron chi connectivity index (χ1n) is 7.28. The molecule has 1 fully saturated rings. The molecule has 0 bridgehead atoms. The van der Waals surface area contributed by atoms with Crippen molar-refractivity contribution in [2.45, 2.75) is 63.9 Å². The van der Waals surface area contributed by atoms with Crippen molar-refractivity contribution in [1.82, 2.24) is 5.32 Å². The van der Waals surface area contributed by atoms with Crippen LogP contribution in [0.1, 0.15) is 58.3 Å². The van der Waals surface area contributed by atoms with Gasteiger partial charge in [-0.2, -0.15) is 0 Å². The number of nitrogens with one attached hydrogen (secondary N) is 1. The van der Waals surface area contributed by atoms with Crippen molar-refractivity contribution in [2.75, 3.05) is 26.3 Å². The summed E-state index contributed by atoms with van der Waals surface area (Å²) in [6, 6.07) is 0. The summed E-state index contributed by atoms with van der Waals surface area (Å²) in [4.78, 5) is 0. The van der Waals surface area contributed by atoms with Crippen molar-refractivity contribution in [3.05, 3.63) is 0 Å². The van der Waals surface area contributed by atoms with Crippen LogP contribution in [-0.4, -0.2) is 37.0 Å². The van der Waals surface area contributed by atoms with E-state index < -0.39 is 5.60 Å². The van der Waals surface area contributed by atoms with Crippen molar-refractivity contribution >= 4 is 0 Å². The molecule has 0 atom stereocenters. The number of unbranched alkanes of at least 4 members (excludes halogenated alkanes) is 1. The predicted octanol–water partition coefficient (Wildman–Crippen LogP) is 2.48. The van der Waals surface area contributed by atoms with Gasteiger partial charge >= 0.3 is 0 Å². The van der Waals surface area contributed by atoms with Gasteiger partial charge in [-0.1, -0.05) is 39.0 Å². The molecule has 1 saturated carbocycles. The summed E-state index contributed by atoms with van der Waals surface area (Å²) in [6.45, 7) is 5.37. The molecule has 0 aromatic heterocycles. The lowest BCUT2D eigenvalue weighted by molar-refractivity contribution is 0.0232. The highest BCUT2D eigenvalue weighted by Gasteiger charge is 2.26. The van der Waals surface area contributed by atoms with E-state index in [0.717, 1.165) is 45.6 Å². The van der Waals surface area contributed by atoms with Crippen LogP contribution in [0, 0.1) is 0 Å². The Kier molecular flexibility index (Phi) is 7.82. The van der Waals surface area contributed by atoms with Gasteiger partial charge in [0.25, 0.3) is 0 Å². The molecule has 3 heteroatoms. The standard InChI is InChI=1S/C14H29NO2/c1-2-3-11-17-12-10-15-13-14(16)8-6-4-5-7-9-14/h15-16H,2-13H2,1H3. The second kappa shape index (κ2) is 8.90. The van der Waals surface area contributed by atoms with Gasteiger partial charge in [-0.25, -0.2) is 0 Å². The summed E-state index contributed by atoms with van der Waals surface area (Å²) < 4.78 is 5.48. The fourth-order valence-electron chi connectivity index (χ4n) is 2.38. The zero-order valence-electron chi connectivity index (χ0n) is 11.3. The Balaban J connectivity index is 2.00. The summed E-state index contributed by atoms with van der Waals surface area (Å²) >= 11 is 0. The van der Waals surface area contributed by atoms with E-state index in [1.54, 1.807) is 0 Å². The second-order valence-electron chi connectivity index (χ2n) is 5.28. The van der Waals surface area contributed by atoms with E-state index in [9.17, 15) is 5.11 Å². The third kappa shape index (κ3) is 7.02. The lowest BCUT2D eigenvalue weighted by atomic mass is 9.94. The topological polar surface area (TPSA) is 41.5 Å². The van der Waals surface area contributed by atoms with Crippen LogP contribution in [0.15, 0.2) is 0 Å². The fraction of sp³-hybridized carbons (Fsp3) is 1.00. The lowest BCUT2D eigenvalue weighted by Crippen LogP contribution is -2.41. The van der Waals surface area contributed by atoms with Crippen molar-refractivity contribution in [3.63, 3.8) is 0 Å². The van der Waals surface area contributed by atoms with Gasteiger partial charge < -0.3 is 15.2 Å². The molecule has 102 valence electrons. The number of hydrogen-bond acceptors (Lipinski definition) is 3. The highest BCUT2D eigenvalue weighted by Crippen LogP contribution is 2.26. The highest BCUT2D eigenvalue weighted by molar-refractivity contribution is 4.82. The highest BCUT2D eigenvalue weighted by atomic mass is 16.5. The second-order valence-corrected chi connectivity index (χ2v) is 5.28. The van der Waals surface area contributed by atoms with Crippen LogP contribution in [0.5, 0.6) is 0 Å². The van der Waals surface area contributed by atoms with Gasteiger partial charge in [-0.3, -0.25) is 0 Å². The molecule has 0 unspecified atom stereocenters. The van der Waals surface area contributed by atoms with Gasteiger partial charge in [0.15, 0.2) is 0 Å². The average Bonchev–Trinajstić information content (AvgIpc) is 2.53. The van der Waals surface area contributed by atoms with E-state index in [2.05, 4.69) is 12.2 Å². The lowest BCUT2D eigenvalue weighted by Gasteiger charge is -2.26. The molecule has 0 aliphatic heterocycles. The minimum Gasteiger partial charge on any atom is -0.389 e. The molecule has 0 heterocycles. The van der Waals surface area contributed by atoms with Crippen LogP contribution in [0.3, 0.4) is 0 Å². The molecular weight excluding hydrogens is 214 g/mol. The van der Waals surface area contributed by atoms with Crippen LogP contribution in [0.25, 0.3) is 0 Å². The molecule has 0 saturated heterocycles. The zero-order valence-corrected chi connectivity index (χ0v) is 11.3. The SMILES string of the molecule is CCCCOCCNCC1(O)CCCCCC1. The monoisotopic (exact) mass is 243 g/mol. The first-order valence-corrected chi connectivity index (χ1v) is 7.28. The summed E-state index contributed by atoms with van der Waals surface area (Å²) in [7, 11) is 0. The molecule has 2 N–H and O–H groups in total. The molecule has 0 spiro atoms. The normalized spacial score (nSPS) is 20.1. The molecule has 0 amide bonds. The Bertz CT molecular complexity index is 177. The fourth-order valence-corrected chi connectivity index (χ4v) is 2.38. The van der Waals surface area contributed by atoms with Gasteiger partial charge in [0.1, 0.15) is 0 Å². The van der Waals surface area contributed by atoms with Crippen molar-refractivity contribution in [2.24, 2.45) is 0 Å². The minimum absolute atomic E-state index is 0.458. The van der Waals surface area contributed by atoms with Gasteiger partial charge in [0.2, 0.25) is 0 Å². The molecule has 1 aliphatic rings. The van der Waals surface area contributed by atoms with Gasteiger partial charge in [0, 0.05) is 19.7 Å². The maximum absolute atomic E-state index is 10.4. The molecule has 17 heavy (non-hydrogen) atoms. The molecule has 1 rings (SSSR count). The molecular formula is C14H29NO2. The van der Waals surface area contributed by atoms with Crippen molar-refractivity contribution in [1.29, 1.82) is 0 Å². The Morgan fingerprint density at radius 2 is 1.82 bits per heavy atom. The predicted molar refractivity (Wildman–Crippen MR) is 71.2 cm³/mol. The first-order chi connectivity index (χ1) is 8.27. The van der Waals surface area contributed by atoms with Gasteiger partial charge in [-0.15, -0.1) is 0 Å². The van der Waals surface area contributed by atoms with Crippen LogP contribution in [0.4, 0.5) is 0 Å². The van der Waals surface area contributed by atoms with Crippen LogP contribution < -0.4 is 5.32 Å². The average molecular weight is 243 g/mol. The molecule has 3 nitrogen and oxygen atoms in total. The van der Waals surface area contributed by atoms with E-state index in [-0.39, 0.29) is 0 Å². The number of rotatable bonds is 8. The number of hydrogen-bond donors (Lipinski definition) is 2. The Morgan fingerprint density at radius 1 is 1.12 bits per heavy atom. The van der Waals surface area contributed by atoms with E-state index >= 15 is 0 Å². The Hall–Kier alpha value is -0.120. The Labute approximate surface area is 106 Å². The quantitative estimate of drug-likeness (QED) is 0.508. The third-order valence-electron chi connectivity index (χ3n) is 3.55. The van der Waals surface area contributed by atoms with Crippen LogP contribution in [-0.2, 0) is 4.74 Å². The number of ether oxygens (including phenoxy) is 1. The van der Waals surface area contributed by atoms with Gasteiger partial charge in [0.05, 0.1) is 12.2 Å². The largest absolute Gasteiger partial charge is 0.389 e. The number of aliphatic hydroxyl groups is 1. The maximum atomic E-state index is 10.4. The van der Waals surface area contributed by atoms with Gasteiger partial charge in [-0.05, 0) is 19.3 Å². The summed E-state index contributed by atoms with van der Waals surface area (Å²) in [5.41, 5.74) is -0.458. The van der Waals surface area contributed by atoms with Crippen molar-refractivity contribution < 1.29 is 9.84 Å². The van der Waals surface area contributed by atoms with E-state index in [0.29, 0.717) is 0 Å². The molecule has 0 aromatic rings. The third-order valence-corrected chi connectivity index (χ3v) is 3.55. The molecule has 1 aliphatic carbocycles. The molecule has 0 aromatic carbocycles. The van der Waals surface area contributed by atoms with Crippen molar-refractivity contribution in [3.8, 4) is 0 Å². The van der Waals surface area contributed by atoms with Crippen LogP contribution in [0.2, 0.25) is 0 Å². The summed E-state index contributed by atoms with van der Waals surface area (Å²) in [5, 5.41) is 13.7. The van der Waals surface area contributed by atoms with E-state index in [1.165, 1.54) is 32.1 Å². The van der Waals surface area contributed by atoms with Crippen LogP contribution >= 0.6 is 0 Å². The maximum Gasteiger partial charge on any atom is 0.0771 e. The van der Waals surface area contributed by atoms with E-state index in [4.69, 9.17) is 4.74 Å². The summed E-state index contributed by atoms with van der Waals surface area (Å²) in [6.07, 6.45) is 9.14. The van der Waals surface area contributed by atoms with E-state index in [1.807, 2.05) is 0 Å². The molecule has 0 radical (unpaired) electrons. The Morgan fingerprint density at radius 3 is 2.47 bits per heavy atom.